The standard InChI is InChI=1S/C12H18N2O2/c15-11-4-3-10(14-9-11)8-13-6-5-12-2-1-7-16-12/h3-4,9,12-13,15H,1-2,5-8H2. The Morgan fingerprint density at radius 3 is 3.12 bits per heavy atom. The first kappa shape index (κ1) is 11.4. The summed E-state index contributed by atoms with van der Waals surface area (Å²) in [5.41, 5.74) is 0.949. The van der Waals surface area contributed by atoms with Crippen LogP contribution in [0.1, 0.15) is 25.0 Å². The van der Waals surface area contributed by atoms with E-state index in [1.165, 1.54) is 19.0 Å². The zero-order valence-corrected chi connectivity index (χ0v) is 9.35. The first-order valence-electron chi connectivity index (χ1n) is 5.81. The zero-order chi connectivity index (χ0) is 11.2. The second-order valence-corrected chi connectivity index (χ2v) is 4.11. The van der Waals surface area contributed by atoms with Gasteiger partial charge in [-0.2, -0.15) is 0 Å². The molecule has 4 nitrogen and oxygen atoms in total. The Kier molecular flexibility index (Phi) is 4.13. The molecule has 1 aromatic rings. The predicted octanol–water partition coefficient (Wildman–Crippen LogP) is 1.45. The van der Waals surface area contributed by atoms with E-state index in [1.807, 2.05) is 6.07 Å². The van der Waals surface area contributed by atoms with E-state index < -0.39 is 0 Å². The van der Waals surface area contributed by atoms with Gasteiger partial charge >= 0.3 is 0 Å². The van der Waals surface area contributed by atoms with Crippen molar-refractivity contribution in [3.05, 3.63) is 24.0 Å². The van der Waals surface area contributed by atoms with Crippen LogP contribution in [0.5, 0.6) is 5.75 Å². The normalized spacial score (nSPS) is 20.1. The molecule has 0 aliphatic carbocycles. The molecule has 2 N–H and O–H groups in total. The molecule has 0 radical (unpaired) electrons. The molecule has 1 unspecified atom stereocenters. The maximum absolute atomic E-state index is 9.07. The predicted molar refractivity (Wildman–Crippen MR) is 61.2 cm³/mol. The lowest BCUT2D eigenvalue weighted by Gasteiger charge is -2.09. The summed E-state index contributed by atoms with van der Waals surface area (Å²) in [4.78, 5) is 4.10. The van der Waals surface area contributed by atoms with Crippen molar-refractivity contribution in [2.45, 2.75) is 31.9 Å². The van der Waals surface area contributed by atoms with Gasteiger partial charge in [-0.15, -0.1) is 0 Å². The van der Waals surface area contributed by atoms with Crippen LogP contribution >= 0.6 is 0 Å². The quantitative estimate of drug-likeness (QED) is 0.740. The average molecular weight is 222 g/mol. The van der Waals surface area contributed by atoms with Crippen molar-refractivity contribution in [2.24, 2.45) is 0 Å². The maximum Gasteiger partial charge on any atom is 0.133 e. The molecular weight excluding hydrogens is 204 g/mol. The highest BCUT2D eigenvalue weighted by Crippen LogP contribution is 2.14. The van der Waals surface area contributed by atoms with Gasteiger partial charge in [0.25, 0.3) is 0 Å². The molecule has 0 spiro atoms. The third-order valence-corrected chi connectivity index (χ3v) is 2.78. The summed E-state index contributed by atoms with van der Waals surface area (Å²) in [6, 6.07) is 3.48. The highest BCUT2D eigenvalue weighted by molar-refractivity contribution is 5.17. The average Bonchev–Trinajstić information content (AvgIpc) is 2.80. The topological polar surface area (TPSA) is 54.4 Å². The van der Waals surface area contributed by atoms with Crippen LogP contribution in [0.2, 0.25) is 0 Å². The number of nitrogens with one attached hydrogen (secondary N) is 1. The van der Waals surface area contributed by atoms with Gasteiger partial charge < -0.3 is 15.2 Å². The van der Waals surface area contributed by atoms with Crippen molar-refractivity contribution in [1.29, 1.82) is 0 Å². The van der Waals surface area contributed by atoms with Gasteiger partial charge in [0, 0.05) is 13.2 Å². The van der Waals surface area contributed by atoms with E-state index in [4.69, 9.17) is 9.84 Å². The molecule has 0 saturated carbocycles. The molecule has 1 atom stereocenters. The number of ether oxygens (including phenoxy) is 1. The summed E-state index contributed by atoms with van der Waals surface area (Å²) in [6.45, 7) is 2.62. The lowest BCUT2D eigenvalue weighted by Crippen LogP contribution is -2.20. The fourth-order valence-electron chi connectivity index (χ4n) is 1.87. The van der Waals surface area contributed by atoms with E-state index in [2.05, 4.69) is 10.3 Å². The molecular formula is C12H18N2O2. The van der Waals surface area contributed by atoms with E-state index in [1.54, 1.807) is 6.07 Å². The highest BCUT2D eigenvalue weighted by atomic mass is 16.5. The number of aromatic nitrogens is 1. The van der Waals surface area contributed by atoms with Gasteiger partial charge in [0.05, 0.1) is 18.0 Å². The molecule has 1 saturated heterocycles. The molecule has 2 rings (SSSR count). The van der Waals surface area contributed by atoms with Crippen molar-refractivity contribution in [3.8, 4) is 5.75 Å². The largest absolute Gasteiger partial charge is 0.506 e. The maximum atomic E-state index is 9.07. The summed E-state index contributed by atoms with van der Waals surface area (Å²) >= 11 is 0. The number of rotatable bonds is 5. The van der Waals surface area contributed by atoms with Crippen LogP contribution in [-0.2, 0) is 11.3 Å². The fourth-order valence-corrected chi connectivity index (χ4v) is 1.87. The van der Waals surface area contributed by atoms with Crippen LogP contribution in [0.4, 0.5) is 0 Å². The number of hydrogen-bond donors (Lipinski definition) is 2. The number of nitrogens with zero attached hydrogens (tertiary/aromatic N) is 1. The summed E-state index contributed by atoms with van der Waals surface area (Å²) in [6.07, 6.45) is 5.37. The number of hydrogen-bond acceptors (Lipinski definition) is 4. The van der Waals surface area contributed by atoms with Gasteiger partial charge in [0.2, 0.25) is 0 Å². The van der Waals surface area contributed by atoms with Crippen LogP contribution in [-0.4, -0.2) is 29.3 Å². The van der Waals surface area contributed by atoms with Crippen LogP contribution in [0.25, 0.3) is 0 Å². The van der Waals surface area contributed by atoms with Crippen molar-refractivity contribution in [1.82, 2.24) is 10.3 Å². The molecule has 16 heavy (non-hydrogen) atoms. The van der Waals surface area contributed by atoms with E-state index in [9.17, 15) is 0 Å². The van der Waals surface area contributed by atoms with Gasteiger partial charge in [-0.05, 0) is 37.9 Å². The molecule has 0 amide bonds. The zero-order valence-electron chi connectivity index (χ0n) is 9.35. The third kappa shape index (κ3) is 3.47. The first-order chi connectivity index (χ1) is 7.84. The molecule has 1 fully saturated rings. The Morgan fingerprint density at radius 1 is 1.50 bits per heavy atom. The van der Waals surface area contributed by atoms with Crippen LogP contribution in [0.15, 0.2) is 18.3 Å². The number of aromatic hydroxyl groups is 1. The van der Waals surface area contributed by atoms with Crippen molar-refractivity contribution in [3.63, 3.8) is 0 Å². The second kappa shape index (κ2) is 5.82. The monoisotopic (exact) mass is 222 g/mol. The summed E-state index contributed by atoms with van der Waals surface area (Å²) in [5.74, 6) is 0.211. The summed E-state index contributed by atoms with van der Waals surface area (Å²) in [5, 5.41) is 12.4. The number of pyridine rings is 1. The molecule has 0 aromatic carbocycles. The third-order valence-electron chi connectivity index (χ3n) is 2.78. The Balaban J connectivity index is 1.62. The fraction of sp³-hybridized carbons (Fsp3) is 0.583. The summed E-state index contributed by atoms with van der Waals surface area (Å²) in [7, 11) is 0. The van der Waals surface area contributed by atoms with Gasteiger partial charge in [0.15, 0.2) is 0 Å². The van der Waals surface area contributed by atoms with E-state index in [0.717, 1.165) is 31.8 Å². The lowest BCUT2D eigenvalue weighted by atomic mass is 10.2. The molecule has 2 heterocycles. The minimum Gasteiger partial charge on any atom is -0.506 e. The van der Waals surface area contributed by atoms with Gasteiger partial charge in [-0.1, -0.05) is 0 Å². The second-order valence-electron chi connectivity index (χ2n) is 4.11. The molecule has 0 bridgehead atoms. The van der Waals surface area contributed by atoms with Crippen molar-refractivity contribution in [2.75, 3.05) is 13.2 Å². The van der Waals surface area contributed by atoms with Crippen LogP contribution in [0, 0.1) is 0 Å². The minimum absolute atomic E-state index is 0.211. The Bertz CT molecular complexity index is 307. The molecule has 1 aliphatic rings. The van der Waals surface area contributed by atoms with Crippen LogP contribution < -0.4 is 5.32 Å². The molecule has 1 aliphatic heterocycles. The van der Waals surface area contributed by atoms with Gasteiger partial charge in [-0.3, -0.25) is 4.98 Å². The smallest absolute Gasteiger partial charge is 0.133 e. The van der Waals surface area contributed by atoms with E-state index in [-0.39, 0.29) is 5.75 Å². The van der Waals surface area contributed by atoms with Crippen LogP contribution in [0.3, 0.4) is 0 Å². The SMILES string of the molecule is Oc1ccc(CNCCC2CCCO2)nc1. The Morgan fingerprint density at radius 2 is 2.44 bits per heavy atom. The van der Waals surface area contributed by atoms with Crippen molar-refractivity contribution >= 4 is 0 Å². The molecule has 1 aromatic heterocycles. The Hall–Kier alpha value is -1.13. The van der Waals surface area contributed by atoms with E-state index >= 15 is 0 Å². The Labute approximate surface area is 95.7 Å². The summed E-state index contributed by atoms with van der Waals surface area (Å²) < 4.78 is 5.53. The molecule has 4 heteroatoms. The highest BCUT2D eigenvalue weighted by Gasteiger charge is 2.14. The first-order valence-corrected chi connectivity index (χ1v) is 5.81. The molecule has 88 valence electrons. The van der Waals surface area contributed by atoms with E-state index in [0.29, 0.717) is 6.10 Å². The van der Waals surface area contributed by atoms with Gasteiger partial charge in [-0.25, -0.2) is 0 Å². The lowest BCUT2D eigenvalue weighted by molar-refractivity contribution is 0.104. The minimum atomic E-state index is 0.211. The van der Waals surface area contributed by atoms with Crippen molar-refractivity contribution < 1.29 is 9.84 Å². The van der Waals surface area contributed by atoms with Gasteiger partial charge in [0.1, 0.15) is 5.75 Å².